The van der Waals surface area contributed by atoms with Gasteiger partial charge < -0.3 is 10.2 Å². The molecule has 0 radical (unpaired) electrons. The quantitative estimate of drug-likeness (QED) is 0.887. The highest BCUT2D eigenvalue weighted by atomic mass is 32.2. The van der Waals surface area contributed by atoms with Gasteiger partial charge in [0.1, 0.15) is 0 Å². The van der Waals surface area contributed by atoms with E-state index in [2.05, 4.69) is 5.32 Å². The molecule has 0 unspecified atom stereocenters. The second-order valence-electron chi connectivity index (χ2n) is 5.61. The fourth-order valence-corrected chi connectivity index (χ4v) is 4.70. The molecule has 0 spiro atoms. The van der Waals surface area contributed by atoms with Gasteiger partial charge in [-0.3, -0.25) is 4.79 Å². The summed E-state index contributed by atoms with van der Waals surface area (Å²) in [7, 11) is -1.19. The van der Waals surface area contributed by atoms with Crippen LogP contribution in [0.5, 0.6) is 0 Å². The van der Waals surface area contributed by atoms with Crippen LogP contribution in [0, 0.1) is 6.92 Å². The highest BCUT2D eigenvalue weighted by molar-refractivity contribution is 7.89. The fraction of sp³-hybridized carbons (Fsp3) is 0.643. The molecular weight excluding hydrogens is 308 g/mol. The molecule has 2 rings (SSSR count). The molecule has 1 amide bonds. The molecule has 1 N–H and O–H groups in total. The molecule has 1 atom stereocenters. The number of thiophene rings is 1. The number of carbonyl (C=O) groups is 1. The largest absolute Gasteiger partial charge is 0.334 e. The van der Waals surface area contributed by atoms with Crippen LogP contribution in [0.3, 0.4) is 0 Å². The zero-order chi connectivity index (χ0) is 15.6. The van der Waals surface area contributed by atoms with Gasteiger partial charge in [0.15, 0.2) is 9.84 Å². The Labute approximate surface area is 130 Å². The lowest BCUT2D eigenvalue weighted by Gasteiger charge is -2.23. The summed E-state index contributed by atoms with van der Waals surface area (Å²) < 4.78 is 22.9. The van der Waals surface area contributed by atoms with Crippen molar-refractivity contribution >= 4 is 27.1 Å². The summed E-state index contributed by atoms with van der Waals surface area (Å²) in [5.41, 5.74) is 0.746. The van der Waals surface area contributed by atoms with Crippen LogP contribution < -0.4 is 5.32 Å². The molecule has 0 aliphatic carbocycles. The minimum absolute atomic E-state index is 0.00254. The van der Waals surface area contributed by atoms with Gasteiger partial charge in [-0.2, -0.15) is 0 Å². The highest BCUT2D eigenvalue weighted by Crippen LogP contribution is 2.27. The molecule has 21 heavy (non-hydrogen) atoms. The minimum atomic E-state index is -3.08. The van der Waals surface area contributed by atoms with E-state index in [0.717, 1.165) is 36.4 Å². The van der Waals surface area contributed by atoms with Crippen LogP contribution >= 0.6 is 11.3 Å². The molecule has 7 heteroatoms. The monoisotopic (exact) mass is 330 g/mol. The molecule has 0 bridgehead atoms. The van der Waals surface area contributed by atoms with Gasteiger partial charge in [-0.15, -0.1) is 11.3 Å². The number of likely N-dealkylation sites (N-methyl/N-ethyl adjacent to an activating group) is 1. The summed E-state index contributed by atoms with van der Waals surface area (Å²) >= 11 is 1.39. The van der Waals surface area contributed by atoms with E-state index in [1.807, 2.05) is 18.9 Å². The second kappa shape index (κ2) is 6.46. The molecule has 1 aromatic rings. The lowest BCUT2D eigenvalue weighted by Crippen LogP contribution is -2.40. The molecule has 0 saturated carbocycles. The summed E-state index contributed by atoms with van der Waals surface area (Å²) in [4.78, 5) is 16.1. The number of nitrogens with zero attached hydrogens (tertiary/aromatic N) is 1. The first-order valence-corrected chi connectivity index (χ1v) is 9.92. The van der Waals surface area contributed by atoms with E-state index in [1.165, 1.54) is 17.6 Å². The minimum Gasteiger partial charge on any atom is -0.334 e. The molecule has 1 aliphatic rings. The number of amides is 1. The molecule has 2 heterocycles. The first kappa shape index (κ1) is 16.5. The highest BCUT2D eigenvalue weighted by Gasteiger charge is 2.30. The molecule has 1 aliphatic heterocycles. The van der Waals surface area contributed by atoms with Gasteiger partial charge in [-0.1, -0.05) is 0 Å². The maximum atomic E-state index is 12.6. The third-order valence-corrected chi connectivity index (χ3v) is 5.64. The number of hydrogen-bond acceptors (Lipinski definition) is 5. The molecular formula is C14H22N2O3S2. The van der Waals surface area contributed by atoms with Crippen molar-refractivity contribution in [2.45, 2.75) is 31.6 Å². The van der Waals surface area contributed by atoms with Crippen molar-refractivity contribution < 1.29 is 13.2 Å². The Balaban J connectivity index is 2.18. The van der Waals surface area contributed by atoms with E-state index in [1.54, 1.807) is 6.07 Å². The van der Waals surface area contributed by atoms with E-state index in [9.17, 15) is 13.2 Å². The number of rotatable bonds is 5. The van der Waals surface area contributed by atoms with Crippen LogP contribution in [-0.2, 0) is 15.6 Å². The number of likely N-dealkylation sites (tertiary alicyclic amines) is 1. The van der Waals surface area contributed by atoms with Gasteiger partial charge in [-0.05, 0) is 38.4 Å². The van der Waals surface area contributed by atoms with Crippen molar-refractivity contribution in [3.05, 3.63) is 21.4 Å². The van der Waals surface area contributed by atoms with Crippen molar-refractivity contribution in [3.8, 4) is 0 Å². The van der Waals surface area contributed by atoms with Crippen LogP contribution in [-0.4, -0.2) is 51.7 Å². The lowest BCUT2D eigenvalue weighted by molar-refractivity contribution is 0.0742. The maximum absolute atomic E-state index is 12.6. The Morgan fingerprint density at radius 2 is 2.24 bits per heavy atom. The number of carbonyl (C=O) groups excluding carboxylic acids is 1. The molecule has 1 fully saturated rings. The van der Waals surface area contributed by atoms with Crippen molar-refractivity contribution in [1.29, 1.82) is 0 Å². The summed E-state index contributed by atoms with van der Waals surface area (Å²) in [6.07, 6.45) is 3.26. The summed E-state index contributed by atoms with van der Waals surface area (Å²) in [5, 5.41) is 3.12. The third kappa shape index (κ3) is 4.05. The molecule has 0 aromatic carbocycles. The zero-order valence-corrected chi connectivity index (χ0v) is 14.3. The Morgan fingerprint density at radius 3 is 2.86 bits per heavy atom. The van der Waals surface area contributed by atoms with Crippen LogP contribution in [0.2, 0.25) is 0 Å². The third-order valence-electron chi connectivity index (χ3n) is 3.73. The van der Waals surface area contributed by atoms with E-state index >= 15 is 0 Å². The predicted molar refractivity (Wildman–Crippen MR) is 85.6 cm³/mol. The Bertz CT molecular complexity index is 622. The lowest BCUT2D eigenvalue weighted by atomic mass is 10.2. The van der Waals surface area contributed by atoms with Crippen molar-refractivity contribution in [3.63, 3.8) is 0 Å². The van der Waals surface area contributed by atoms with Crippen LogP contribution in [0.4, 0.5) is 0 Å². The SMILES string of the molecule is CNC[C@H]1CCCN1C(=O)c1cc(CS(C)(=O)=O)c(C)s1. The molecule has 5 nitrogen and oxygen atoms in total. The van der Waals surface area contributed by atoms with Crippen molar-refractivity contribution in [1.82, 2.24) is 10.2 Å². The van der Waals surface area contributed by atoms with Crippen LogP contribution in [0.1, 0.15) is 33.0 Å². The molecule has 118 valence electrons. The van der Waals surface area contributed by atoms with E-state index in [-0.39, 0.29) is 17.7 Å². The number of sulfone groups is 1. The van der Waals surface area contributed by atoms with Gasteiger partial charge in [0, 0.05) is 30.3 Å². The van der Waals surface area contributed by atoms with Gasteiger partial charge in [0.05, 0.1) is 10.6 Å². The first-order chi connectivity index (χ1) is 9.81. The van der Waals surface area contributed by atoms with Gasteiger partial charge >= 0.3 is 0 Å². The Kier molecular flexibility index (Phi) is 5.06. The van der Waals surface area contributed by atoms with Crippen LogP contribution in [0.15, 0.2) is 6.07 Å². The van der Waals surface area contributed by atoms with Gasteiger partial charge in [0.25, 0.3) is 5.91 Å². The van der Waals surface area contributed by atoms with E-state index < -0.39 is 9.84 Å². The number of aryl methyl sites for hydroxylation is 1. The number of nitrogens with one attached hydrogen (secondary N) is 1. The van der Waals surface area contributed by atoms with Crippen molar-refractivity contribution in [2.24, 2.45) is 0 Å². The summed E-state index contributed by atoms with van der Waals surface area (Å²) in [5.74, 6) is 0.0309. The van der Waals surface area contributed by atoms with Crippen LogP contribution in [0.25, 0.3) is 0 Å². The number of hydrogen-bond donors (Lipinski definition) is 1. The standard InChI is InChI=1S/C14H22N2O3S2/c1-10-11(9-21(3,18)19)7-13(20-10)14(17)16-6-4-5-12(16)8-15-2/h7,12,15H,4-6,8-9H2,1-3H3/t12-/m1/s1. The normalized spacial score (nSPS) is 19.2. The van der Waals surface area contributed by atoms with E-state index in [0.29, 0.717) is 4.88 Å². The zero-order valence-electron chi connectivity index (χ0n) is 12.7. The van der Waals surface area contributed by atoms with Gasteiger partial charge in [0.2, 0.25) is 0 Å². The average Bonchev–Trinajstić information content (AvgIpc) is 2.95. The predicted octanol–water partition coefficient (Wildman–Crippen LogP) is 1.43. The molecule has 1 saturated heterocycles. The van der Waals surface area contributed by atoms with E-state index in [4.69, 9.17) is 0 Å². The Morgan fingerprint density at radius 1 is 1.52 bits per heavy atom. The molecule has 1 aromatic heterocycles. The smallest absolute Gasteiger partial charge is 0.264 e. The average molecular weight is 330 g/mol. The van der Waals surface area contributed by atoms with Crippen molar-refractivity contribution in [2.75, 3.05) is 26.4 Å². The maximum Gasteiger partial charge on any atom is 0.264 e. The summed E-state index contributed by atoms with van der Waals surface area (Å²) in [6.45, 7) is 3.45. The second-order valence-corrected chi connectivity index (χ2v) is 9.01. The first-order valence-electron chi connectivity index (χ1n) is 7.04. The Hall–Kier alpha value is -0.920. The van der Waals surface area contributed by atoms with Gasteiger partial charge in [-0.25, -0.2) is 8.42 Å². The topological polar surface area (TPSA) is 66.5 Å². The summed E-state index contributed by atoms with van der Waals surface area (Å²) in [6, 6.07) is 1.99. The fourth-order valence-electron chi connectivity index (χ4n) is 2.74.